The number of halogens is 2. The lowest BCUT2D eigenvalue weighted by molar-refractivity contribution is 0.254. The third-order valence-corrected chi connectivity index (χ3v) is 7.57. The summed E-state index contributed by atoms with van der Waals surface area (Å²) in [5.41, 5.74) is 13.1. The van der Waals surface area contributed by atoms with Crippen LogP contribution in [0.2, 0.25) is 5.02 Å². The van der Waals surface area contributed by atoms with Crippen LogP contribution in [0.5, 0.6) is 0 Å². The summed E-state index contributed by atoms with van der Waals surface area (Å²) in [7, 11) is 0. The largest absolute Gasteiger partial charge is 0.398 e. The van der Waals surface area contributed by atoms with Crippen LogP contribution in [-0.4, -0.2) is 6.03 Å². The monoisotopic (exact) mass is 575 g/mol. The fraction of sp³-hybridized carbons (Fsp3) is 0.296. The number of alkyl halides is 1. The molecule has 3 N–H and O–H groups in total. The van der Waals surface area contributed by atoms with Gasteiger partial charge in [-0.05, 0) is 96.7 Å². The highest BCUT2D eigenvalue weighted by Gasteiger charge is 2.36. The molecule has 0 aliphatic rings. The molecule has 0 spiro atoms. The number of benzene rings is 3. The van der Waals surface area contributed by atoms with Crippen molar-refractivity contribution >= 4 is 57.3 Å². The second-order valence-electron chi connectivity index (χ2n) is 8.90. The van der Waals surface area contributed by atoms with Crippen molar-refractivity contribution in [1.82, 2.24) is 0 Å². The van der Waals surface area contributed by atoms with Crippen molar-refractivity contribution in [3.63, 3.8) is 0 Å². The number of hydrogen-bond acceptors (Lipinski definition) is 2. The number of nitrogens with zero attached hydrogens (tertiary/aromatic N) is 1. The Balaban J connectivity index is 2.11. The average molecular weight is 576 g/mol. The Kier molecular flexibility index (Phi) is 7.64. The quantitative estimate of drug-likeness (QED) is 0.139. The molecule has 0 fully saturated rings. The van der Waals surface area contributed by atoms with Gasteiger partial charge in [0.15, 0.2) is 0 Å². The number of hydrogen-bond donors (Lipinski definition) is 2. The summed E-state index contributed by atoms with van der Waals surface area (Å²) in [5, 5.41) is 3.63. The van der Waals surface area contributed by atoms with Crippen LogP contribution < -0.4 is 16.0 Å². The molecule has 174 valence electrons. The molecule has 2 amide bonds. The number of anilines is 3. The van der Waals surface area contributed by atoms with Gasteiger partial charge in [-0.3, -0.25) is 4.90 Å². The van der Waals surface area contributed by atoms with Gasteiger partial charge in [-0.15, -0.1) is 0 Å². The van der Waals surface area contributed by atoms with Gasteiger partial charge in [0.1, 0.15) is 3.55 Å². The predicted molar refractivity (Wildman–Crippen MR) is 150 cm³/mol. The van der Waals surface area contributed by atoms with Crippen molar-refractivity contribution in [1.29, 1.82) is 0 Å². The molecule has 6 heteroatoms. The van der Waals surface area contributed by atoms with Crippen LogP contribution in [0, 0.1) is 20.8 Å². The molecule has 0 aliphatic carbocycles. The van der Waals surface area contributed by atoms with Crippen LogP contribution >= 0.6 is 34.2 Å². The highest BCUT2D eigenvalue weighted by molar-refractivity contribution is 14.1. The summed E-state index contributed by atoms with van der Waals surface area (Å²) in [5.74, 6) is 0.407. The van der Waals surface area contributed by atoms with E-state index < -0.39 is 3.55 Å². The van der Waals surface area contributed by atoms with Crippen molar-refractivity contribution in [2.75, 3.05) is 16.0 Å². The molecule has 0 saturated heterocycles. The Morgan fingerprint density at radius 3 is 2.15 bits per heavy atom. The van der Waals surface area contributed by atoms with E-state index in [9.17, 15) is 4.79 Å². The summed E-state index contributed by atoms with van der Waals surface area (Å²) in [6.45, 7) is 12.2. The van der Waals surface area contributed by atoms with Gasteiger partial charge < -0.3 is 11.1 Å². The Bertz CT molecular complexity index is 1130. The third-order valence-electron chi connectivity index (χ3n) is 6.07. The lowest BCUT2D eigenvalue weighted by Crippen LogP contribution is -2.46. The van der Waals surface area contributed by atoms with Crippen LogP contribution in [0.3, 0.4) is 0 Å². The number of carbonyl (C=O) groups is 1. The standard InChI is InChI=1S/C27H31ClIN3O/c1-16(2)20-9-13-22(14-10-20)32(27(6,29)21-11-7-17(3)8-12-21)26(33)31-25-18(4)23(28)15-24(30)19(25)5/h7-16H,30H2,1-6H3,(H,31,33). The van der Waals surface area contributed by atoms with Gasteiger partial charge >= 0.3 is 6.03 Å². The van der Waals surface area contributed by atoms with Gasteiger partial charge in [-0.2, -0.15) is 0 Å². The lowest BCUT2D eigenvalue weighted by Gasteiger charge is -2.38. The minimum atomic E-state index is -0.652. The van der Waals surface area contributed by atoms with E-state index in [1.54, 1.807) is 11.0 Å². The number of rotatable bonds is 5. The normalized spacial score (nSPS) is 13.0. The van der Waals surface area contributed by atoms with Crippen LogP contribution in [0.1, 0.15) is 54.5 Å². The Morgan fingerprint density at radius 1 is 1.03 bits per heavy atom. The zero-order valence-electron chi connectivity index (χ0n) is 20.0. The van der Waals surface area contributed by atoms with E-state index in [1.807, 2.05) is 32.9 Å². The maximum Gasteiger partial charge on any atom is 0.327 e. The molecule has 3 aromatic carbocycles. The molecule has 4 nitrogen and oxygen atoms in total. The van der Waals surface area contributed by atoms with E-state index in [2.05, 4.69) is 85.1 Å². The Labute approximate surface area is 215 Å². The van der Waals surface area contributed by atoms with Gasteiger partial charge in [0, 0.05) is 16.4 Å². The van der Waals surface area contributed by atoms with Crippen molar-refractivity contribution < 1.29 is 4.79 Å². The molecule has 3 aromatic rings. The maximum absolute atomic E-state index is 13.9. The fourth-order valence-electron chi connectivity index (χ4n) is 3.79. The summed E-state index contributed by atoms with van der Waals surface area (Å²) in [6.07, 6.45) is 0. The second kappa shape index (κ2) is 9.94. The van der Waals surface area contributed by atoms with Gasteiger partial charge in [-0.25, -0.2) is 4.79 Å². The third kappa shape index (κ3) is 5.30. The molecule has 1 unspecified atom stereocenters. The van der Waals surface area contributed by atoms with Crippen molar-refractivity contribution in [2.24, 2.45) is 0 Å². The number of nitrogen functional groups attached to an aromatic ring is 1. The van der Waals surface area contributed by atoms with E-state index in [4.69, 9.17) is 17.3 Å². The molecule has 0 saturated carbocycles. The van der Waals surface area contributed by atoms with Crippen molar-refractivity contribution in [3.05, 3.63) is 87.4 Å². The molecule has 0 aromatic heterocycles. The number of nitrogens with one attached hydrogen (secondary N) is 1. The van der Waals surface area contributed by atoms with Crippen molar-refractivity contribution in [3.8, 4) is 0 Å². The molecular formula is C27H31ClIN3O. The molecule has 0 bridgehead atoms. The highest BCUT2D eigenvalue weighted by Crippen LogP contribution is 2.41. The van der Waals surface area contributed by atoms with Gasteiger partial charge in [0.2, 0.25) is 0 Å². The zero-order chi connectivity index (χ0) is 24.5. The molecule has 33 heavy (non-hydrogen) atoms. The van der Waals surface area contributed by atoms with Gasteiger partial charge in [0.05, 0.1) is 5.69 Å². The SMILES string of the molecule is Cc1ccc(C(C)(I)N(C(=O)Nc2c(C)c(N)cc(Cl)c2C)c2ccc(C(C)C)cc2)cc1. The van der Waals surface area contributed by atoms with E-state index in [0.29, 0.717) is 22.3 Å². The highest BCUT2D eigenvalue weighted by atomic mass is 127. The second-order valence-corrected chi connectivity index (χ2v) is 11.4. The molecule has 0 aliphatic heterocycles. The fourth-order valence-corrected chi connectivity index (χ4v) is 4.86. The van der Waals surface area contributed by atoms with Gasteiger partial charge in [-0.1, -0.05) is 67.4 Å². The molecular weight excluding hydrogens is 545 g/mol. The summed E-state index contributed by atoms with van der Waals surface area (Å²) < 4.78 is -0.652. The minimum Gasteiger partial charge on any atom is -0.398 e. The topological polar surface area (TPSA) is 58.4 Å². The molecule has 1 atom stereocenters. The van der Waals surface area contributed by atoms with E-state index in [0.717, 1.165) is 22.4 Å². The van der Waals surface area contributed by atoms with Crippen LogP contribution in [0.15, 0.2) is 54.6 Å². The average Bonchev–Trinajstić information content (AvgIpc) is 2.76. The van der Waals surface area contributed by atoms with E-state index >= 15 is 0 Å². The number of amides is 2. The van der Waals surface area contributed by atoms with Crippen molar-refractivity contribution in [2.45, 2.75) is 51.0 Å². The maximum atomic E-state index is 13.9. The number of carbonyl (C=O) groups excluding carboxylic acids is 1. The zero-order valence-corrected chi connectivity index (χ0v) is 22.9. The van der Waals surface area contributed by atoms with E-state index in [-0.39, 0.29) is 6.03 Å². The summed E-state index contributed by atoms with van der Waals surface area (Å²) in [6, 6.07) is 17.9. The van der Waals surface area contributed by atoms with Gasteiger partial charge in [0.25, 0.3) is 0 Å². The smallest absolute Gasteiger partial charge is 0.327 e. The molecule has 0 heterocycles. The van der Waals surface area contributed by atoms with Crippen LogP contribution in [0.4, 0.5) is 21.9 Å². The first kappa shape index (κ1) is 25.4. The predicted octanol–water partition coefficient (Wildman–Crippen LogP) is 8.32. The summed E-state index contributed by atoms with van der Waals surface area (Å²) >= 11 is 8.72. The first-order valence-corrected chi connectivity index (χ1v) is 12.4. The summed E-state index contributed by atoms with van der Waals surface area (Å²) in [4.78, 5) is 15.7. The Hall–Kier alpha value is -2.25. The number of urea groups is 1. The number of aryl methyl sites for hydroxylation is 1. The Morgan fingerprint density at radius 2 is 1.61 bits per heavy atom. The first-order chi connectivity index (χ1) is 15.4. The van der Waals surface area contributed by atoms with Crippen LogP contribution in [-0.2, 0) is 3.55 Å². The van der Waals surface area contributed by atoms with Crippen LogP contribution in [0.25, 0.3) is 0 Å². The first-order valence-electron chi connectivity index (χ1n) is 11.0. The number of nitrogens with two attached hydrogens (primary N) is 1. The lowest BCUT2D eigenvalue weighted by atomic mass is 10.0. The molecule has 3 rings (SSSR count). The molecule has 0 radical (unpaired) electrons. The minimum absolute atomic E-state index is 0.252. The van der Waals surface area contributed by atoms with E-state index in [1.165, 1.54) is 11.1 Å².